The monoisotopic (exact) mass is 396 g/mol. The SMILES string of the molecule is C[C@@H](C(=O)NC1CCCCC1)N(Cc1ccc(F)cc1)C(=O)Cc1ccccc1. The van der Waals surface area contributed by atoms with E-state index < -0.39 is 6.04 Å². The lowest BCUT2D eigenvalue weighted by Gasteiger charge is -2.31. The van der Waals surface area contributed by atoms with Crippen LogP contribution < -0.4 is 5.32 Å². The largest absolute Gasteiger partial charge is 0.352 e. The molecule has 1 aliphatic rings. The van der Waals surface area contributed by atoms with E-state index in [0.29, 0.717) is 0 Å². The third-order valence-corrected chi connectivity index (χ3v) is 5.58. The van der Waals surface area contributed by atoms with E-state index in [1.54, 1.807) is 24.0 Å². The van der Waals surface area contributed by atoms with Crippen LogP contribution in [-0.4, -0.2) is 28.8 Å². The molecule has 2 aromatic rings. The van der Waals surface area contributed by atoms with Gasteiger partial charge in [0.05, 0.1) is 6.42 Å². The van der Waals surface area contributed by atoms with Crippen molar-refractivity contribution in [1.29, 1.82) is 0 Å². The summed E-state index contributed by atoms with van der Waals surface area (Å²) in [7, 11) is 0. The van der Waals surface area contributed by atoms with Crippen molar-refractivity contribution in [3.63, 3.8) is 0 Å². The molecule has 0 saturated heterocycles. The highest BCUT2D eigenvalue weighted by atomic mass is 19.1. The summed E-state index contributed by atoms with van der Waals surface area (Å²) in [6, 6.07) is 15.2. The quantitative estimate of drug-likeness (QED) is 0.761. The van der Waals surface area contributed by atoms with E-state index in [2.05, 4.69) is 5.32 Å². The third-order valence-electron chi connectivity index (χ3n) is 5.58. The van der Waals surface area contributed by atoms with E-state index in [4.69, 9.17) is 0 Å². The molecule has 0 radical (unpaired) electrons. The van der Waals surface area contributed by atoms with Gasteiger partial charge in [-0.1, -0.05) is 61.7 Å². The summed E-state index contributed by atoms with van der Waals surface area (Å²) >= 11 is 0. The number of hydrogen-bond acceptors (Lipinski definition) is 2. The summed E-state index contributed by atoms with van der Waals surface area (Å²) in [5.41, 5.74) is 1.70. The molecule has 1 aliphatic carbocycles. The second kappa shape index (κ2) is 10.2. The van der Waals surface area contributed by atoms with Crippen LogP contribution in [0.3, 0.4) is 0 Å². The van der Waals surface area contributed by atoms with Crippen LogP contribution in [0.2, 0.25) is 0 Å². The van der Waals surface area contributed by atoms with Crippen LogP contribution in [0.4, 0.5) is 4.39 Å². The molecule has 1 fully saturated rings. The van der Waals surface area contributed by atoms with Crippen LogP contribution >= 0.6 is 0 Å². The molecular weight excluding hydrogens is 367 g/mol. The topological polar surface area (TPSA) is 49.4 Å². The summed E-state index contributed by atoms with van der Waals surface area (Å²) in [5.74, 6) is -0.564. The first-order valence-electron chi connectivity index (χ1n) is 10.4. The number of nitrogens with one attached hydrogen (secondary N) is 1. The molecule has 29 heavy (non-hydrogen) atoms. The molecule has 0 spiro atoms. The summed E-state index contributed by atoms with van der Waals surface area (Å²) in [5, 5.41) is 3.12. The minimum Gasteiger partial charge on any atom is -0.352 e. The maximum absolute atomic E-state index is 13.3. The van der Waals surface area contributed by atoms with E-state index in [0.717, 1.165) is 36.8 Å². The number of hydrogen-bond donors (Lipinski definition) is 1. The van der Waals surface area contributed by atoms with Crippen LogP contribution in [0.5, 0.6) is 0 Å². The number of amides is 2. The van der Waals surface area contributed by atoms with Crippen LogP contribution in [0.1, 0.15) is 50.2 Å². The predicted molar refractivity (Wildman–Crippen MR) is 112 cm³/mol. The Morgan fingerprint density at radius 1 is 1.00 bits per heavy atom. The van der Waals surface area contributed by atoms with Crippen LogP contribution in [0.25, 0.3) is 0 Å². The molecule has 2 amide bonds. The van der Waals surface area contributed by atoms with Gasteiger partial charge in [0.2, 0.25) is 11.8 Å². The van der Waals surface area contributed by atoms with Gasteiger partial charge in [0.1, 0.15) is 11.9 Å². The first-order chi connectivity index (χ1) is 14.0. The van der Waals surface area contributed by atoms with E-state index in [9.17, 15) is 14.0 Å². The molecule has 0 aliphatic heterocycles. The van der Waals surface area contributed by atoms with Gasteiger partial charge in [-0.15, -0.1) is 0 Å². The van der Waals surface area contributed by atoms with E-state index in [1.165, 1.54) is 18.6 Å². The molecule has 154 valence electrons. The van der Waals surface area contributed by atoms with Crippen LogP contribution in [-0.2, 0) is 22.6 Å². The summed E-state index contributed by atoms with van der Waals surface area (Å²) in [4.78, 5) is 27.6. The fourth-order valence-electron chi connectivity index (χ4n) is 3.81. The van der Waals surface area contributed by atoms with Crippen molar-refractivity contribution in [2.24, 2.45) is 0 Å². The number of carbonyl (C=O) groups excluding carboxylic acids is 2. The number of nitrogens with zero attached hydrogens (tertiary/aromatic N) is 1. The van der Waals surface area contributed by atoms with E-state index in [1.807, 2.05) is 30.3 Å². The highest BCUT2D eigenvalue weighted by Gasteiger charge is 2.28. The van der Waals surface area contributed by atoms with Crippen molar-refractivity contribution < 1.29 is 14.0 Å². The third kappa shape index (κ3) is 6.14. The molecule has 1 atom stereocenters. The highest BCUT2D eigenvalue weighted by Crippen LogP contribution is 2.18. The zero-order chi connectivity index (χ0) is 20.6. The Bertz CT molecular complexity index is 801. The van der Waals surface area contributed by atoms with Crippen molar-refractivity contribution in [2.45, 2.75) is 64.1 Å². The van der Waals surface area contributed by atoms with Gasteiger partial charge in [-0.2, -0.15) is 0 Å². The smallest absolute Gasteiger partial charge is 0.242 e. The molecule has 2 aromatic carbocycles. The molecular formula is C24H29FN2O2. The molecule has 1 saturated carbocycles. The van der Waals surface area contributed by atoms with Crippen molar-refractivity contribution >= 4 is 11.8 Å². The van der Waals surface area contributed by atoms with Gasteiger partial charge in [0, 0.05) is 12.6 Å². The zero-order valence-corrected chi connectivity index (χ0v) is 16.9. The molecule has 4 nitrogen and oxygen atoms in total. The first kappa shape index (κ1) is 21.0. The Balaban J connectivity index is 1.73. The van der Waals surface area contributed by atoms with Gasteiger partial charge in [0.25, 0.3) is 0 Å². The lowest BCUT2D eigenvalue weighted by Crippen LogP contribution is -2.50. The van der Waals surface area contributed by atoms with Gasteiger partial charge in [0.15, 0.2) is 0 Å². The molecule has 1 N–H and O–H groups in total. The molecule has 0 unspecified atom stereocenters. The lowest BCUT2D eigenvalue weighted by molar-refractivity contribution is -0.140. The minimum atomic E-state index is -0.599. The number of halogens is 1. The number of benzene rings is 2. The van der Waals surface area contributed by atoms with Crippen molar-refractivity contribution in [2.75, 3.05) is 0 Å². The van der Waals surface area contributed by atoms with Crippen molar-refractivity contribution in [1.82, 2.24) is 10.2 Å². The number of carbonyl (C=O) groups is 2. The summed E-state index contributed by atoms with van der Waals surface area (Å²) < 4.78 is 13.3. The standard InChI is InChI=1S/C24H29FN2O2/c1-18(24(29)26-22-10-6-3-7-11-22)27(17-20-12-14-21(25)15-13-20)23(28)16-19-8-4-2-5-9-19/h2,4-5,8-9,12-15,18,22H,3,6-7,10-11,16-17H2,1H3,(H,26,29)/t18-/m0/s1. The van der Waals surface area contributed by atoms with Crippen molar-refractivity contribution in [3.05, 3.63) is 71.5 Å². The predicted octanol–water partition coefficient (Wildman–Crippen LogP) is 4.23. The van der Waals surface area contributed by atoms with Crippen LogP contribution in [0, 0.1) is 5.82 Å². The number of rotatable bonds is 7. The molecule has 5 heteroatoms. The van der Waals surface area contributed by atoms with Crippen molar-refractivity contribution in [3.8, 4) is 0 Å². The second-order valence-electron chi connectivity index (χ2n) is 7.83. The fraction of sp³-hybridized carbons (Fsp3) is 0.417. The summed E-state index contributed by atoms with van der Waals surface area (Å²) in [6.07, 6.45) is 5.69. The molecule has 0 aromatic heterocycles. The zero-order valence-electron chi connectivity index (χ0n) is 16.9. The Morgan fingerprint density at radius 3 is 2.31 bits per heavy atom. The Morgan fingerprint density at radius 2 is 1.66 bits per heavy atom. The summed E-state index contributed by atoms with van der Waals surface area (Å²) in [6.45, 7) is 2.04. The average molecular weight is 397 g/mol. The minimum absolute atomic E-state index is 0.119. The molecule has 0 heterocycles. The second-order valence-corrected chi connectivity index (χ2v) is 7.83. The van der Waals surface area contributed by atoms with Gasteiger partial charge < -0.3 is 10.2 Å². The molecule has 3 rings (SSSR count). The van der Waals surface area contributed by atoms with Gasteiger partial charge in [-0.05, 0) is 43.0 Å². The Hall–Kier alpha value is -2.69. The Labute approximate surface area is 172 Å². The Kier molecular flexibility index (Phi) is 7.39. The first-order valence-corrected chi connectivity index (χ1v) is 10.4. The maximum Gasteiger partial charge on any atom is 0.242 e. The van der Waals surface area contributed by atoms with E-state index in [-0.39, 0.29) is 36.6 Å². The van der Waals surface area contributed by atoms with E-state index >= 15 is 0 Å². The van der Waals surface area contributed by atoms with Gasteiger partial charge in [-0.25, -0.2) is 4.39 Å². The van der Waals surface area contributed by atoms with Crippen LogP contribution in [0.15, 0.2) is 54.6 Å². The average Bonchev–Trinajstić information content (AvgIpc) is 2.74. The normalized spacial score (nSPS) is 15.5. The fourth-order valence-corrected chi connectivity index (χ4v) is 3.81. The van der Waals surface area contributed by atoms with Gasteiger partial charge in [-0.3, -0.25) is 9.59 Å². The lowest BCUT2D eigenvalue weighted by atomic mass is 9.95. The highest BCUT2D eigenvalue weighted by molar-refractivity contribution is 5.88. The van der Waals surface area contributed by atoms with Gasteiger partial charge >= 0.3 is 0 Å². The molecule has 0 bridgehead atoms. The maximum atomic E-state index is 13.3.